The highest BCUT2D eigenvalue weighted by Gasteiger charge is 2.32. The Labute approximate surface area is 169 Å². The molecule has 8 nitrogen and oxygen atoms in total. The Morgan fingerprint density at radius 2 is 1.10 bits per heavy atom. The molecule has 2 aliphatic heterocycles. The van der Waals surface area contributed by atoms with E-state index in [9.17, 15) is 16.8 Å². The summed E-state index contributed by atoms with van der Waals surface area (Å²) >= 11 is 0. The minimum absolute atomic E-state index is 0.216. The fraction of sp³-hybridized carbons (Fsp3) is 0.263. The van der Waals surface area contributed by atoms with Crippen LogP contribution in [-0.4, -0.2) is 41.6 Å². The lowest BCUT2D eigenvalue weighted by molar-refractivity contribution is 0.395. The van der Waals surface area contributed by atoms with Gasteiger partial charge >= 0.3 is 0 Å². The average Bonchev–Trinajstić information content (AvgIpc) is 3.09. The highest BCUT2D eigenvalue weighted by Crippen LogP contribution is 2.25. The van der Waals surface area contributed by atoms with Gasteiger partial charge in [-0.05, 0) is 24.3 Å². The highest BCUT2D eigenvalue weighted by molar-refractivity contribution is 7.91. The number of rotatable bonds is 4. The third-order valence-corrected chi connectivity index (χ3v) is 7.45. The van der Waals surface area contributed by atoms with E-state index < -0.39 is 25.5 Å². The molecule has 0 spiro atoms. The number of nitrogens with zero attached hydrogens (tertiary/aromatic N) is 2. The standard InChI is InChI=1S/C19H20N4O4S2/c1-19(2,11-20-17-13-7-3-5-9-15(13)28(24,25)22-17)12-21-18-14-8-4-6-10-16(14)29(26,27)23-18/h3-10H,11-12H2,1-2H3,(H,20,22)(H,21,23). The molecule has 152 valence electrons. The molecule has 0 saturated carbocycles. The summed E-state index contributed by atoms with van der Waals surface area (Å²) < 4.78 is 53.7. The number of hydrogen-bond donors (Lipinski definition) is 2. The molecule has 0 bridgehead atoms. The van der Waals surface area contributed by atoms with Crippen LogP contribution in [0.4, 0.5) is 0 Å². The van der Waals surface area contributed by atoms with Gasteiger partial charge in [-0.1, -0.05) is 38.1 Å². The molecule has 4 rings (SSSR count). The fourth-order valence-corrected chi connectivity index (χ4v) is 5.64. The van der Waals surface area contributed by atoms with Crippen LogP contribution in [0.25, 0.3) is 0 Å². The van der Waals surface area contributed by atoms with Crippen molar-refractivity contribution >= 4 is 31.7 Å². The maximum absolute atomic E-state index is 12.2. The van der Waals surface area contributed by atoms with Crippen LogP contribution in [0.3, 0.4) is 0 Å². The summed E-state index contributed by atoms with van der Waals surface area (Å²) in [6, 6.07) is 13.4. The summed E-state index contributed by atoms with van der Waals surface area (Å²) in [4.78, 5) is 9.37. The van der Waals surface area contributed by atoms with E-state index in [0.29, 0.717) is 35.9 Å². The zero-order valence-corrected chi connectivity index (χ0v) is 17.5. The molecule has 2 N–H and O–H groups in total. The van der Waals surface area contributed by atoms with Crippen LogP contribution >= 0.6 is 0 Å². The first-order valence-electron chi connectivity index (χ1n) is 8.92. The van der Waals surface area contributed by atoms with Crippen LogP contribution in [0.15, 0.2) is 68.3 Å². The second kappa shape index (κ2) is 6.67. The molecule has 0 radical (unpaired) electrons. The van der Waals surface area contributed by atoms with E-state index in [4.69, 9.17) is 0 Å². The van der Waals surface area contributed by atoms with Crippen molar-refractivity contribution in [3.8, 4) is 0 Å². The summed E-state index contributed by atoms with van der Waals surface area (Å²) in [6.07, 6.45) is 0. The van der Waals surface area contributed by atoms with Crippen LogP contribution < -0.4 is 9.44 Å². The van der Waals surface area contributed by atoms with Crippen LogP contribution in [-0.2, 0) is 20.0 Å². The average molecular weight is 433 g/mol. The normalized spacial score (nSPS) is 21.4. The van der Waals surface area contributed by atoms with E-state index in [-0.39, 0.29) is 9.79 Å². The van der Waals surface area contributed by atoms with Crippen molar-refractivity contribution in [3.05, 3.63) is 59.7 Å². The maximum atomic E-state index is 12.2. The van der Waals surface area contributed by atoms with E-state index in [2.05, 4.69) is 19.4 Å². The van der Waals surface area contributed by atoms with E-state index in [0.717, 1.165) is 0 Å². The number of aliphatic imine (C=N–C) groups is 2. The molecule has 0 unspecified atom stereocenters. The zero-order valence-electron chi connectivity index (χ0n) is 15.9. The number of fused-ring (bicyclic) bond motifs is 2. The predicted molar refractivity (Wildman–Crippen MR) is 110 cm³/mol. The minimum Gasteiger partial charge on any atom is -0.267 e. The number of nitrogens with one attached hydrogen (secondary N) is 2. The molecule has 0 saturated heterocycles. The van der Waals surface area contributed by atoms with Crippen LogP contribution in [0.5, 0.6) is 0 Å². The van der Waals surface area contributed by atoms with Crippen molar-refractivity contribution in [2.75, 3.05) is 13.1 Å². The lowest BCUT2D eigenvalue weighted by Crippen LogP contribution is -2.28. The molecule has 2 aromatic carbocycles. The van der Waals surface area contributed by atoms with Crippen molar-refractivity contribution in [1.29, 1.82) is 0 Å². The molecule has 0 aromatic heterocycles. The maximum Gasteiger partial charge on any atom is 0.263 e. The molecule has 2 aliphatic rings. The van der Waals surface area contributed by atoms with E-state index in [1.807, 2.05) is 13.8 Å². The molecular formula is C19H20N4O4S2. The van der Waals surface area contributed by atoms with Crippen LogP contribution in [0.1, 0.15) is 25.0 Å². The Morgan fingerprint density at radius 1 is 0.724 bits per heavy atom. The van der Waals surface area contributed by atoms with Gasteiger partial charge in [-0.2, -0.15) is 0 Å². The summed E-state index contributed by atoms with van der Waals surface area (Å²) in [6.45, 7) is 4.49. The Balaban J connectivity index is 1.55. The molecular weight excluding hydrogens is 412 g/mol. The summed E-state index contributed by atoms with van der Waals surface area (Å²) in [5, 5.41) is 0. The van der Waals surface area contributed by atoms with Gasteiger partial charge in [0.1, 0.15) is 11.7 Å². The topological polar surface area (TPSA) is 117 Å². The molecule has 2 heterocycles. The number of amidine groups is 2. The first-order chi connectivity index (χ1) is 13.6. The van der Waals surface area contributed by atoms with Crippen LogP contribution in [0, 0.1) is 5.41 Å². The Morgan fingerprint density at radius 3 is 1.52 bits per heavy atom. The Kier molecular flexibility index (Phi) is 4.50. The van der Waals surface area contributed by atoms with Crippen molar-refractivity contribution in [2.45, 2.75) is 23.6 Å². The van der Waals surface area contributed by atoms with Gasteiger partial charge in [-0.15, -0.1) is 0 Å². The third kappa shape index (κ3) is 3.65. The smallest absolute Gasteiger partial charge is 0.263 e. The van der Waals surface area contributed by atoms with Crippen molar-refractivity contribution in [1.82, 2.24) is 9.44 Å². The number of sulfonamides is 2. The van der Waals surface area contributed by atoms with Gasteiger partial charge in [0.15, 0.2) is 0 Å². The molecule has 10 heteroatoms. The minimum atomic E-state index is -3.58. The second-order valence-electron chi connectivity index (χ2n) is 7.70. The quantitative estimate of drug-likeness (QED) is 0.761. The number of hydrogen-bond acceptors (Lipinski definition) is 6. The van der Waals surface area contributed by atoms with Gasteiger partial charge in [-0.3, -0.25) is 19.4 Å². The zero-order chi connectivity index (χ0) is 20.9. The van der Waals surface area contributed by atoms with E-state index in [1.165, 1.54) is 0 Å². The number of benzene rings is 2. The van der Waals surface area contributed by atoms with Crippen LogP contribution in [0.2, 0.25) is 0 Å². The Hall–Kier alpha value is -2.72. The van der Waals surface area contributed by atoms with Crippen molar-refractivity contribution in [3.63, 3.8) is 0 Å². The van der Waals surface area contributed by atoms with Crippen molar-refractivity contribution in [2.24, 2.45) is 15.4 Å². The summed E-state index contributed by atoms with van der Waals surface area (Å²) in [5.74, 6) is 0.626. The van der Waals surface area contributed by atoms with Gasteiger partial charge in [0.2, 0.25) is 0 Å². The lowest BCUT2D eigenvalue weighted by Gasteiger charge is -2.20. The van der Waals surface area contributed by atoms with Crippen molar-refractivity contribution < 1.29 is 16.8 Å². The Bertz CT molecular complexity index is 1170. The fourth-order valence-electron chi connectivity index (χ4n) is 3.14. The predicted octanol–water partition coefficient (Wildman–Crippen LogP) is 1.49. The van der Waals surface area contributed by atoms with Gasteiger partial charge in [0, 0.05) is 29.6 Å². The van der Waals surface area contributed by atoms with Gasteiger partial charge in [0.05, 0.1) is 9.79 Å². The van der Waals surface area contributed by atoms with E-state index in [1.54, 1.807) is 48.5 Å². The highest BCUT2D eigenvalue weighted by atomic mass is 32.2. The summed E-state index contributed by atoms with van der Waals surface area (Å²) in [5.41, 5.74) is 0.672. The van der Waals surface area contributed by atoms with Gasteiger partial charge in [0.25, 0.3) is 20.0 Å². The molecule has 0 aliphatic carbocycles. The molecule has 0 fully saturated rings. The van der Waals surface area contributed by atoms with Gasteiger partial charge < -0.3 is 0 Å². The first kappa shape index (κ1) is 19.6. The largest absolute Gasteiger partial charge is 0.267 e. The SMILES string of the molecule is CC(C)(CN=C1NS(=O)(=O)c2ccccc21)CN=C1NS(=O)(=O)c2ccccc21. The van der Waals surface area contributed by atoms with Gasteiger partial charge in [-0.25, -0.2) is 16.8 Å². The lowest BCUT2D eigenvalue weighted by atomic mass is 9.94. The summed E-state index contributed by atoms with van der Waals surface area (Å²) in [7, 11) is -7.16. The molecule has 2 aromatic rings. The first-order valence-corrected chi connectivity index (χ1v) is 11.9. The molecule has 29 heavy (non-hydrogen) atoms. The van der Waals surface area contributed by atoms with E-state index >= 15 is 0 Å². The second-order valence-corrected chi connectivity index (χ2v) is 11.0. The molecule has 0 atom stereocenters. The monoisotopic (exact) mass is 432 g/mol. The molecule has 0 amide bonds. The third-order valence-electron chi connectivity index (χ3n) is 4.66.